The molecule has 1 unspecified atom stereocenters. The summed E-state index contributed by atoms with van der Waals surface area (Å²) in [5.74, 6) is -5.06. The Morgan fingerprint density at radius 3 is 2.63 bits per heavy atom. The topological polar surface area (TPSA) is 292 Å². The second-order valence-electron chi connectivity index (χ2n) is 16.0. The maximum Gasteiger partial charge on any atom is 0.284 e. The fourth-order valence-electron chi connectivity index (χ4n) is 9.32. The van der Waals surface area contributed by atoms with Gasteiger partial charge in [-0.3, -0.25) is 25.1 Å². The summed E-state index contributed by atoms with van der Waals surface area (Å²) in [4.78, 5) is 62.9. The van der Waals surface area contributed by atoms with Crippen molar-refractivity contribution in [3.63, 3.8) is 0 Å². The minimum Gasteiger partial charge on any atom is -0.499 e. The zero-order valence-electron chi connectivity index (χ0n) is 32.8. The second-order valence-corrected chi connectivity index (χ2v) is 16.0. The van der Waals surface area contributed by atoms with Crippen molar-refractivity contribution in [1.82, 2.24) is 5.32 Å². The maximum absolute atomic E-state index is 14.8. The fourth-order valence-corrected chi connectivity index (χ4v) is 9.32. The van der Waals surface area contributed by atoms with Gasteiger partial charge in [0.25, 0.3) is 11.7 Å². The van der Waals surface area contributed by atoms with E-state index >= 15 is 0 Å². The number of fused-ring (bicyclic) bond motifs is 10. The first-order valence-corrected chi connectivity index (χ1v) is 19.9. The summed E-state index contributed by atoms with van der Waals surface area (Å²) in [5, 5.41) is 78.0. The van der Waals surface area contributed by atoms with E-state index in [1.54, 1.807) is 30.3 Å². The lowest BCUT2D eigenvalue weighted by molar-refractivity contribution is -0.723. The number of amidine groups is 1. The van der Waals surface area contributed by atoms with Gasteiger partial charge in [-0.2, -0.15) is 4.99 Å². The van der Waals surface area contributed by atoms with Crippen LogP contribution in [0.2, 0.25) is 0 Å². The van der Waals surface area contributed by atoms with Crippen molar-refractivity contribution in [2.75, 3.05) is 26.5 Å². The molecule has 4 heterocycles. The van der Waals surface area contributed by atoms with Crippen molar-refractivity contribution in [2.24, 2.45) is 15.9 Å². The standard InChI is InChI=1S/C43H41N5O14/c44-41-46-37-32(38(55)47-41)45-19-48(37)29-4-2-1-3-24(29)23-9-12-59-18-30-42(57)10-7-21(16-51)43(58,39(42)56)40(61-30)62-35-27(23)14-28-31(36(35)60-17-22(52)8-11-49)34(54)26-13-20(15-50)5-6-25(26)33(28)53/h1-6,9,11-14,21-23,30,39-40,50-52,56-58H,7-8,10,15-19H2,(H2,44,47,55)/p+1/b12-9-/t21-,22-,23+,30+,39-,40-,42+,43+/m1/s1. The Morgan fingerprint density at radius 2 is 1.85 bits per heavy atom. The number of amides is 1. The summed E-state index contributed by atoms with van der Waals surface area (Å²) in [5.41, 5.74) is -3.68. The fraction of sp³-hybridized carbons (Fsp3) is 0.372. The molecule has 1 saturated heterocycles. The number of ether oxygens (including phenoxy) is 4. The van der Waals surface area contributed by atoms with Crippen molar-refractivity contribution in [2.45, 2.75) is 67.6 Å². The number of nitrogens with one attached hydrogen (secondary N) is 3. The maximum atomic E-state index is 14.8. The lowest BCUT2D eigenvalue weighted by Gasteiger charge is -2.59. The molecule has 322 valence electrons. The highest BCUT2D eigenvalue weighted by atomic mass is 16.7. The molecule has 3 aromatic rings. The van der Waals surface area contributed by atoms with Crippen molar-refractivity contribution in [3.8, 4) is 11.5 Å². The van der Waals surface area contributed by atoms with Gasteiger partial charge < -0.3 is 54.4 Å². The highest BCUT2D eigenvalue weighted by molar-refractivity contribution is 6.68. The van der Waals surface area contributed by atoms with Crippen LogP contribution in [0.1, 0.15) is 73.7 Å². The van der Waals surface area contributed by atoms with Crippen molar-refractivity contribution in [3.05, 3.63) is 99.8 Å². The molecule has 2 aliphatic carbocycles. The number of guanidine groups is 1. The lowest BCUT2D eigenvalue weighted by Crippen LogP contribution is -3.09. The van der Waals surface area contributed by atoms with Gasteiger partial charge in [-0.1, -0.05) is 24.3 Å². The van der Waals surface area contributed by atoms with Crippen molar-refractivity contribution < 1.29 is 73.7 Å². The molecule has 1 saturated carbocycles. The number of aliphatic hydroxyl groups excluding tert-OH is 4. The summed E-state index contributed by atoms with van der Waals surface area (Å²) in [7, 11) is 0. The number of rotatable bonds is 9. The van der Waals surface area contributed by atoms with E-state index in [2.05, 4.69) is 15.3 Å². The van der Waals surface area contributed by atoms with Gasteiger partial charge in [0.15, 0.2) is 35.3 Å². The molecule has 1 amide bonds. The number of aliphatic imine (C=N–C) groups is 2. The molecule has 0 aromatic heterocycles. The van der Waals surface area contributed by atoms with Crippen molar-refractivity contribution >= 4 is 47.0 Å². The quantitative estimate of drug-likeness (QED) is 0.0884. The molecule has 4 bridgehead atoms. The van der Waals surface area contributed by atoms with Crippen LogP contribution in [0.3, 0.4) is 0 Å². The molecule has 9 N–H and O–H groups in total. The SMILES string of the molecule is N=C1N=C2C(=NC[NH+]2c2ccccc2[C@@H]2/C=C\OC[C@@H]3O[C@H](Oc4c2cc2c(c4OC[C@H](O)CC=O)C(=O)c4cc(CO)ccc4C2=O)[C@]2(O)[C@@H](CO)CC[C@@]3(O)[C@H]2O)C(=O)N1. The highest BCUT2D eigenvalue weighted by Gasteiger charge is 2.69. The van der Waals surface area contributed by atoms with Crippen LogP contribution in [0.15, 0.2) is 70.9 Å². The number of carbonyl (C=O) groups is 4. The van der Waals surface area contributed by atoms with Gasteiger partial charge >= 0.3 is 0 Å². The summed E-state index contributed by atoms with van der Waals surface area (Å²) < 4.78 is 25.3. The molecular weight excluding hydrogens is 810 g/mol. The van der Waals surface area contributed by atoms with Crippen LogP contribution < -0.4 is 19.7 Å². The van der Waals surface area contributed by atoms with Gasteiger partial charge in [0.1, 0.15) is 43.0 Å². The van der Waals surface area contributed by atoms with Crippen LogP contribution in [-0.2, 0) is 25.7 Å². The Kier molecular flexibility index (Phi) is 10.5. The lowest BCUT2D eigenvalue weighted by atomic mass is 9.62. The van der Waals surface area contributed by atoms with Crippen LogP contribution in [0.4, 0.5) is 5.69 Å². The Bertz CT molecular complexity index is 2520. The van der Waals surface area contributed by atoms with Crippen LogP contribution in [0.5, 0.6) is 11.5 Å². The van der Waals surface area contributed by atoms with E-state index in [0.29, 0.717) is 28.0 Å². The summed E-state index contributed by atoms with van der Waals surface area (Å²) in [6.07, 6.45) is -3.70. The number of carbonyl (C=O) groups excluding carboxylic acids is 4. The molecule has 62 heavy (non-hydrogen) atoms. The predicted octanol–water partition coefficient (Wildman–Crippen LogP) is -1.32. The van der Waals surface area contributed by atoms with E-state index < -0.39 is 90.7 Å². The van der Waals surface area contributed by atoms with Gasteiger partial charge in [-0.15, -0.1) is 0 Å². The number of hydrogen-bond donors (Lipinski definition) is 9. The van der Waals surface area contributed by atoms with Crippen LogP contribution in [-0.4, -0.2) is 134 Å². The first kappa shape index (κ1) is 41.3. The molecule has 2 fully saturated rings. The predicted molar refractivity (Wildman–Crippen MR) is 212 cm³/mol. The summed E-state index contributed by atoms with van der Waals surface area (Å²) >= 11 is 0. The molecule has 0 radical (unpaired) electrons. The molecule has 9 rings (SSSR count). The van der Waals surface area contributed by atoms with Gasteiger partial charge in [0.05, 0.1) is 24.5 Å². The van der Waals surface area contributed by atoms with Gasteiger partial charge in [0.2, 0.25) is 18.0 Å². The third-order valence-electron chi connectivity index (χ3n) is 12.6. The molecule has 9 atom stereocenters. The Balaban J connectivity index is 1.32. The number of hydrogen-bond acceptors (Lipinski definition) is 16. The number of allylic oxidation sites excluding steroid dienone is 1. The zero-order valence-corrected chi connectivity index (χ0v) is 32.8. The molecule has 0 spiro atoms. The number of quaternary nitrogens is 1. The number of nitrogens with zero attached hydrogens (tertiary/aromatic N) is 2. The first-order chi connectivity index (χ1) is 29.8. The molecular formula is C43H42N5O14+. The van der Waals surface area contributed by atoms with E-state index in [4.69, 9.17) is 24.4 Å². The average molecular weight is 853 g/mol. The minimum absolute atomic E-state index is 0.00140. The Morgan fingerprint density at radius 1 is 1.05 bits per heavy atom. The van der Waals surface area contributed by atoms with E-state index in [-0.39, 0.29) is 83.6 Å². The van der Waals surface area contributed by atoms with Crippen LogP contribution >= 0.6 is 0 Å². The number of aliphatic hydroxyl groups is 6. The number of aldehydes is 1. The van der Waals surface area contributed by atoms with E-state index in [9.17, 15) is 49.8 Å². The molecule has 19 nitrogen and oxygen atoms in total. The number of para-hydroxylation sites is 1. The highest BCUT2D eigenvalue weighted by Crippen LogP contribution is 2.53. The summed E-state index contributed by atoms with van der Waals surface area (Å²) in [6.45, 7) is -2.09. The molecule has 4 aliphatic heterocycles. The van der Waals surface area contributed by atoms with Crippen molar-refractivity contribution in [1.29, 1.82) is 5.41 Å². The Hall–Kier alpha value is -6.03. The van der Waals surface area contributed by atoms with E-state index in [0.717, 1.165) is 0 Å². The zero-order chi connectivity index (χ0) is 43.7. The average Bonchev–Trinajstić information content (AvgIpc) is 3.68. The molecule has 6 aliphatic rings. The van der Waals surface area contributed by atoms with Crippen LogP contribution in [0.25, 0.3) is 0 Å². The largest absolute Gasteiger partial charge is 0.499 e. The van der Waals surface area contributed by atoms with E-state index in [1.165, 1.54) is 30.5 Å². The third kappa shape index (κ3) is 6.39. The third-order valence-corrected chi connectivity index (χ3v) is 12.6. The minimum atomic E-state index is -2.51. The van der Waals surface area contributed by atoms with Crippen LogP contribution in [0, 0.1) is 11.3 Å². The smallest absolute Gasteiger partial charge is 0.284 e. The first-order valence-electron chi connectivity index (χ1n) is 19.9. The second kappa shape index (κ2) is 15.7. The summed E-state index contributed by atoms with van der Waals surface area (Å²) in [6, 6.07) is 12.7. The molecule has 3 aromatic carbocycles. The van der Waals surface area contributed by atoms with Gasteiger partial charge in [-0.05, 0) is 48.7 Å². The van der Waals surface area contributed by atoms with Gasteiger partial charge in [-0.25, -0.2) is 9.89 Å². The molecule has 19 heteroatoms. The number of ketones is 2. The van der Waals surface area contributed by atoms with Gasteiger partial charge in [0, 0.05) is 52.7 Å². The number of benzene rings is 3. The Labute approximate surface area is 352 Å². The normalized spacial score (nSPS) is 30.7. The monoisotopic (exact) mass is 852 g/mol. The van der Waals surface area contributed by atoms with E-state index in [1.807, 2.05) is 0 Å².